The number of anilines is 2. The lowest BCUT2D eigenvalue weighted by molar-refractivity contribution is 0.262. The molecule has 158 valence electrons. The maximum absolute atomic E-state index is 12.3. The van der Waals surface area contributed by atoms with Gasteiger partial charge in [0.2, 0.25) is 0 Å². The predicted octanol–water partition coefficient (Wildman–Crippen LogP) is 5.49. The van der Waals surface area contributed by atoms with Crippen LogP contribution in [0.1, 0.15) is 18.3 Å². The number of imidazole rings is 1. The number of carbonyl (C=O) groups is 1. The third-order valence-electron chi connectivity index (χ3n) is 5.23. The Bertz CT molecular complexity index is 1180. The molecule has 1 heterocycles. The van der Waals surface area contributed by atoms with Crippen molar-refractivity contribution >= 4 is 28.4 Å². The van der Waals surface area contributed by atoms with Gasteiger partial charge in [-0.15, -0.1) is 0 Å². The summed E-state index contributed by atoms with van der Waals surface area (Å²) in [7, 11) is 1.60. The van der Waals surface area contributed by atoms with E-state index >= 15 is 0 Å². The highest BCUT2D eigenvalue weighted by Crippen LogP contribution is 2.19. The van der Waals surface area contributed by atoms with Crippen LogP contribution >= 0.6 is 0 Å². The van der Waals surface area contributed by atoms with Gasteiger partial charge < -0.3 is 19.9 Å². The van der Waals surface area contributed by atoms with E-state index in [9.17, 15) is 4.79 Å². The number of fused-ring (bicyclic) bond motifs is 1. The number of aromatic nitrogens is 2. The summed E-state index contributed by atoms with van der Waals surface area (Å²) in [5.74, 6) is 1.79. The van der Waals surface area contributed by atoms with Crippen LogP contribution in [0.2, 0.25) is 0 Å². The molecule has 2 amide bonds. The molecule has 0 radical (unpaired) electrons. The van der Waals surface area contributed by atoms with Crippen LogP contribution in [0.5, 0.6) is 5.75 Å². The highest BCUT2D eigenvalue weighted by atomic mass is 16.5. The summed E-state index contributed by atoms with van der Waals surface area (Å²) in [5, 5.41) is 5.67. The van der Waals surface area contributed by atoms with Crippen molar-refractivity contribution < 1.29 is 9.53 Å². The second-order valence-corrected chi connectivity index (χ2v) is 7.27. The molecule has 1 aromatic heterocycles. The predicted molar refractivity (Wildman–Crippen MR) is 125 cm³/mol. The first-order valence-corrected chi connectivity index (χ1v) is 10.4. The minimum Gasteiger partial charge on any atom is -0.497 e. The molecule has 0 unspecified atom stereocenters. The molecule has 0 bridgehead atoms. The number of ether oxygens (including phenoxy) is 1. The minimum atomic E-state index is -0.294. The van der Waals surface area contributed by atoms with Crippen molar-refractivity contribution in [3.63, 3.8) is 0 Å². The summed E-state index contributed by atoms with van der Waals surface area (Å²) >= 11 is 0. The number of hydrogen-bond donors (Lipinski definition) is 2. The molecule has 0 fully saturated rings. The van der Waals surface area contributed by atoms with Gasteiger partial charge in [-0.1, -0.05) is 30.3 Å². The molecule has 0 aliphatic heterocycles. The van der Waals surface area contributed by atoms with Crippen molar-refractivity contribution in [2.24, 2.45) is 0 Å². The largest absolute Gasteiger partial charge is 0.497 e. The molecule has 0 atom stereocenters. The molecule has 0 spiro atoms. The molecule has 4 aromatic rings. The lowest BCUT2D eigenvalue weighted by Gasteiger charge is -2.10. The van der Waals surface area contributed by atoms with Crippen molar-refractivity contribution in [2.45, 2.75) is 26.3 Å². The van der Waals surface area contributed by atoms with Crippen LogP contribution < -0.4 is 15.4 Å². The average Bonchev–Trinajstić information content (AvgIpc) is 3.16. The van der Waals surface area contributed by atoms with Crippen LogP contribution in [0.25, 0.3) is 11.0 Å². The Morgan fingerprint density at radius 2 is 1.71 bits per heavy atom. The molecule has 6 nitrogen and oxygen atoms in total. The molecule has 6 heteroatoms. The number of benzene rings is 3. The quantitative estimate of drug-likeness (QED) is 0.420. The SMILES string of the molecule is CCn1c(CCc2ccc(NC(=O)Nc3cccc(OC)c3)cc2)nc2ccccc21. The normalized spacial score (nSPS) is 10.8. The number of nitrogens with one attached hydrogen (secondary N) is 2. The zero-order valence-corrected chi connectivity index (χ0v) is 17.8. The summed E-state index contributed by atoms with van der Waals surface area (Å²) in [6.07, 6.45) is 1.76. The summed E-state index contributed by atoms with van der Waals surface area (Å²) in [4.78, 5) is 17.1. The van der Waals surface area contributed by atoms with Crippen molar-refractivity contribution in [1.82, 2.24) is 9.55 Å². The Hall–Kier alpha value is -3.80. The van der Waals surface area contributed by atoms with E-state index in [-0.39, 0.29) is 6.03 Å². The third kappa shape index (κ3) is 4.86. The highest BCUT2D eigenvalue weighted by molar-refractivity contribution is 5.99. The van der Waals surface area contributed by atoms with Gasteiger partial charge in [0.25, 0.3) is 0 Å². The van der Waals surface area contributed by atoms with Gasteiger partial charge >= 0.3 is 6.03 Å². The van der Waals surface area contributed by atoms with Crippen LogP contribution in [-0.4, -0.2) is 22.7 Å². The fraction of sp³-hybridized carbons (Fsp3) is 0.200. The second-order valence-electron chi connectivity index (χ2n) is 7.27. The van der Waals surface area contributed by atoms with Gasteiger partial charge in [-0.2, -0.15) is 0 Å². The fourth-order valence-corrected chi connectivity index (χ4v) is 3.67. The van der Waals surface area contributed by atoms with Crippen LogP contribution in [0.3, 0.4) is 0 Å². The number of aryl methyl sites for hydroxylation is 3. The van der Waals surface area contributed by atoms with Crippen molar-refractivity contribution in [3.8, 4) is 5.75 Å². The van der Waals surface area contributed by atoms with Gasteiger partial charge in [0.15, 0.2) is 0 Å². The Morgan fingerprint density at radius 3 is 2.48 bits per heavy atom. The summed E-state index contributed by atoms with van der Waals surface area (Å²) < 4.78 is 7.45. The number of carbonyl (C=O) groups excluding carboxylic acids is 1. The first-order chi connectivity index (χ1) is 15.2. The molecule has 31 heavy (non-hydrogen) atoms. The Kier molecular flexibility index (Phi) is 6.17. The van der Waals surface area contributed by atoms with Gasteiger partial charge in [0, 0.05) is 30.4 Å². The minimum absolute atomic E-state index is 0.294. The van der Waals surface area contributed by atoms with E-state index in [1.165, 1.54) is 11.1 Å². The smallest absolute Gasteiger partial charge is 0.323 e. The number of amides is 2. The number of hydrogen-bond acceptors (Lipinski definition) is 3. The standard InChI is InChI=1S/C25H26N4O2/c1-3-29-23-10-5-4-9-22(23)28-24(29)16-13-18-11-14-19(15-12-18)26-25(30)27-20-7-6-8-21(17-20)31-2/h4-12,14-15,17H,3,13,16H2,1-2H3,(H2,26,27,30). The number of urea groups is 1. The molecule has 0 saturated carbocycles. The van der Waals surface area contributed by atoms with E-state index in [1.807, 2.05) is 48.5 Å². The molecule has 2 N–H and O–H groups in total. The number of rotatable bonds is 7. The van der Waals surface area contributed by atoms with E-state index in [4.69, 9.17) is 9.72 Å². The van der Waals surface area contributed by atoms with Crippen molar-refractivity contribution in [1.29, 1.82) is 0 Å². The van der Waals surface area contributed by atoms with E-state index < -0.39 is 0 Å². The number of para-hydroxylation sites is 2. The maximum atomic E-state index is 12.3. The topological polar surface area (TPSA) is 68.2 Å². The van der Waals surface area contributed by atoms with Crippen molar-refractivity contribution in [3.05, 3.63) is 84.2 Å². The van der Waals surface area contributed by atoms with Gasteiger partial charge in [0.05, 0.1) is 18.1 Å². The van der Waals surface area contributed by atoms with Gasteiger partial charge in [-0.3, -0.25) is 0 Å². The lowest BCUT2D eigenvalue weighted by Crippen LogP contribution is -2.19. The van der Waals surface area contributed by atoms with Crippen LogP contribution in [0, 0.1) is 0 Å². The Morgan fingerprint density at radius 1 is 0.935 bits per heavy atom. The van der Waals surface area contributed by atoms with Crippen LogP contribution in [0.15, 0.2) is 72.8 Å². The zero-order valence-electron chi connectivity index (χ0n) is 17.8. The summed E-state index contributed by atoms with van der Waals surface area (Å²) in [5.41, 5.74) is 4.84. The zero-order chi connectivity index (χ0) is 21.6. The lowest BCUT2D eigenvalue weighted by atomic mass is 10.1. The van der Waals surface area contributed by atoms with Gasteiger partial charge in [-0.05, 0) is 55.3 Å². The maximum Gasteiger partial charge on any atom is 0.323 e. The monoisotopic (exact) mass is 414 g/mol. The first kappa shape index (κ1) is 20.5. The van der Waals surface area contributed by atoms with E-state index in [2.05, 4.69) is 40.3 Å². The van der Waals surface area contributed by atoms with Crippen molar-refractivity contribution in [2.75, 3.05) is 17.7 Å². The van der Waals surface area contributed by atoms with Crippen LogP contribution in [0.4, 0.5) is 16.2 Å². The highest BCUT2D eigenvalue weighted by Gasteiger charge is 2.09. The average molecular weight is 415 g/mol. The molecular formula is C25H26N4O2. The molecular weight excluding hydrogens is 388 g/mol. The fourth-order valence-electron chi connectivity index (χ4n) is 3.67. The summed E-state index contributed by atoms with van der Waals surface area (Å²) in [6, 6.07) is 23.1. The van der Waals surface area contributed by atoms with Crippen LogP contribution in [-0.2, 0) is 19.4 Å². The molecule has 0 aliphatic rings. The summed E-state index contributed by atoms with van der Waals surface area (Å²) in [6.45, 7) is 3.05. The van der Waals surface area contributed by atoms with Gasteiger partial charge in [-0.25, -0.2) is 9.78 Å². The number of nitrogens with zero attached hydrogens (tertiary/aromatic N) is 2. The molecule has 4 rings (SSSR count). The third-order valence-corrected chi connectivity index (χ3v) is 5.23. The molecule has 3 aromatic carbocycles. The van der Waals surface area contributed by atoms with E-state index in [0.29, 0.717) is 11.4 Å². The van der Waals surface area contributed by atoms with E-state index in [0.717, 1.165) is 36.4 Å². The molecule has 0 saturated heterocycles. The Balaban J connectivity index is 1.35. The Labute approximate surface area is 181 Å². The number of methoxy groups -OCH3 is 1. The van der Waals surface area contributed by atoms with E-state index in [1.54, 1.807) is 13.2 Å². The first-order valence-electron chi connectivity index (χ1n) is 10.4. The van der Waals surface area contributed by atoms with Gasteiger partial charge in [0.1, 0.15) is 11.6 Å². The second kappa shape index (κ2) is 9.34. The molecule has 0 aliphatic carbocycles.